The van der Waals surface area contributed by atoms with Gasteiger partial charge in [-0.2, -0.15) is 11.8 Å². The van der Waals surface area contributed by atoms with Gasteiger partial charge in [0.15, 0.2) is 5.96 Å². The van der Waals surface area contributed by atoms with Crippen LogP contribution in [0.1, 0.15) is 25.7 Å². The van der Waals surface area contributed by atoms with Crippen LogP contribution in [0.25, 0.3) is 0 Å². The first kappa shape index (κ1) is 25.5. The predicted octanol–water partition coefficient (Wildman–Crippen LogP) is -2.95. The van der Waals surface area contributed by atoms with E-state index >= 15 is 0 Å². The Morgan fingerprint density at radius 3 is 2.14 bits per heavy atom. The molecule has 0 heterocycles. The van der Waals surface area contributed by atoms with Crippen LogP contribution in [0.2, 0.25) is 0 Å². The number of nitrogens with two attached hydrogens (primary N) is 4. The first-order valence-electron chi connectivity index (χ1n) is 8.50. The average Bonchev–Trinajstić information content (AvgIpc) is 2.60. The van der Waals surface area contributed by atoms with Crippen LogP contribution in [0, 0.1) is 0 Å². The molecule has 0 aliphatic carbocycles. The Labute approximate surface area is 167 Å². The van der Waals surface area contributed by atoms with Crippen molar-refractivity contribution in [3.63, 3.8) is 0 Å². The van der Waals surface area contributed by atoms with E-state index in [1.165, 1.54) is 11.8 Å². The maximum Gasteiger partial charge on any atom is 0.326 e. The summed E-state index contributed by atoms with van der Waals surface area (Å²) in [6, 6.07) is -3.45. The molecule has 0 fully saturated rings. The number of hydrogen-bond acceptors (Lipinski definition) is 7. The first-order valence-corrected chi connectivity index (χ1v) is 9.89. The number of rotatable bonds is 14. The monoisotopic (exact) mass is 419 g/mol. The second kappa shape index (κ2) is 13.6. The lowest BCUT2D eigenvalue weighted by molar-refractivity contribution is -0.142. The number of primary amides is 1. The summed E-state index contributed by atoms with van der Waals surface area (Å²) in [6.45, 7) is 0.188. The van der Waals surface area contributed by atoms with Crippen molar-refractivity contribution in [2.75, 3.05) is 18.6 Å². The van der Waals surface area contributed by atoms with E-state index in [2.05, 4.69) is 15.6 Å². The van der Waals surface area contributed by atoms with Gasteiger partial charge in [-0.05, 0) is 31.3 Å². The average molecular weight is 420 g/mol. The normalized spacial score (nSPS) is 13.6. The molecule has 0 aromatic heterocycles. The number of nitrogens with one attached hydrogen (secondary N) is 2. The zero-order valence-corrected chi connectivity index (χ0v) is 16.5. The molecule has 0 rings (SSSR count). The zero-order chi connectivity index (χ0) is 21.7. The lowest BCUT2D eigenvalue weighted by atomic mass is 10.1. The molecular formula is C15H29N7O5S. The van der Waals surface area contributed by atoms with Gasteiger partial charge < -0.3 is 38.7 Å². The molecule has 160 valence electrons. The zero-order valence-electron chi connectivity index (χ0n) is 15.7. The Morgan fingerprint density at radius 2 is 1.64 bits per heavy atom. The van der Waals surface area contributed by atoms with Gasteiger partial charge in [0.25, 0.3) is 0 Å². The quantitative estimate of drug-likeness (QED) is 0.0865. The molecule has 11 N–H and O–H groups in total. The second-order valence-electron chi connectivity index (χ2n) is 5.97. The molecule has 0 saturated carbocycles. The maximum absolute atomic E-state index is 12.4. The second-order valence-corrected chi connectivity index (χ2v) is 6.95. The van der Waals surface area contributed by atoms with E-state index in [4.69, 9.17) is 22.9 Å². The standard InChI is InChI=1S/C15H29N7O5S/c1-28-6-4-8(16)12(24)22-10(7-11(17)23)13(25)21-9(14(26)27)3-2-5-20-15(18)19/h8-10H,2-7,16H2,1H3,(H2,17,23)(H,21,25)(H,22,24)(H,26,27)(H4,18,19,20). The smallest absolute Gasteiger partial charge is 0.326 e. The van der Waals surface area contributed by atoms with E-state index in [-0.39, 0.29) is 18.9 Å². The third-order valence-electron chi connectivity index (χ3n) is 3.57. The molecule has 0 saturated heterocycles. The maximum atomic E-state index is 12.4. The summed E-state index contributed by atoms with van der Waals surface area (Å²) < 4.78 is 0. The van der Waals surface area contributed by atoms with Gasteiger partial charge in [-0.3, -0.25) is 19.4 Å². The van der Waals surface area contributed by atoms with Crippen molar-refractivity contribution >= 4 is 41.4 Å². The summed E-state index contributed by atoms with van der Waals surface area (Å²) in [7, 11) is 0. The lowest BCUT2D eigenvalue weighted by Gasteiger charge is -2.22. The number of carbonyl (C=O) groups is 4. The van der Waals surface area contributed by atoms with Gasteiger partial charge in [0.2, 0.25) is 17.7 Å². The molecule has 0 aromatic carbocycles. The number of thioether (sulfide) groups is 1. The number of guanidine groups is 1. The number of carboxylic acid groups (broad SMARTS) is 1. The fourth-order valence-electron chi connectivity index (χ4n) is 2.10. The molecule has 0 aliphatic heterocycles. The van der Waals surface area contributed by atoms with Crippen LogP contribution >= 0.6 is 11.8 Å². The van der Waals surface area contributed by atoms with Crippen LogP contribution in [0.3, 0.4) is 0 Å². The van der Waals surface area contributed by atoms with Crippen molar-refractivity contribution in [3.8, 4) is 0 Å². The van der Waals surface area contributed by atoms with E-state index in [0.717, 1.165) is 0 Å². The molecule has 0 aliphatic rings. The van der Waals surface area contributed by atoms with E-state index in [0.29, 0.717) is 18.6 Å². The van der Waals surface area contributed by atoms with Gasteiger partial charge in [-0.1, -0.05) is 0 Å². The van der Waals surface area contributed by atoms with Crippen LogP contribution in [0.4, 0.5) is 0 Å². The van der Waals surface area contributed by atoms with Crippen molar-refractivity contribution in [3.05, 3.63) is 0 Å². The van der Waals surface area contributed by atoms with Crippen LogP contribution in [0.15, 0.2) is 4.99 Å². The molecule has 3 unspecified atom stereocenters. The van der Waals surface area contributed by atoms with Crippen LogP contribution in [-0.2, 0) is 19.2 Å². The largest absolute Gasteiger partial charge is 0.480 e. The molecule has 3 atom stereocenters. The highest BCUT2D eigenvalue weighted by molar-refractivity contribution is 7.98. The number of carboxylic acids is 1. The van der Waals surface area contributed by atoms with Gasteiger partial charge in [-0.15, -0.1) is 0 Å². The molecule has 0 aromatic rings. The molecule has 28 heavy (non-hydrogen) atoms. The van der Waals surface area contributed by atoms with E-state index in [1.807, 2.05) is 6.26 Å². The predicted molar refractivity (Wildman–Crippen MR) is 106 cm³/mol. The van der Waals surface area contributed by atoms with Gasteiger partial charge in [0.05, 0.1) is 12.5 Å². The van der Waals surface area contributed by atoms with Crippen molar-refractivity contribution < 1.29 is 24.3 Å². The molecule has 13 heteroatoms. The Bertz CT molecular complexity index is 583. The summed E-state index contributed by atoms with van der Waals surface area (Å²) in [6.07, 6.45) is 2.07. The van der Waals surface area contributed by atoms with Crippen LogP contribution in [0.5, 0.6) is 0 Å². The van der Waals surface area contributed by atoms with E-state index in [1.54, 1.807) is 0 Å². The van der Waals surface area contributed by atoms with Crippen molar-refractivity contribution in [2.45, 2.75) is 43.8 Å². The molecule has 0 spiro atoms. The van der Waals surface area contributed by atoms with E-state index < -0.39 is 48.2 Å². The lowest BCUT2D eigenvalue weighted by Crippen LogP contribution is -2.55. The number of hydrogen-bond donors (Lipinski definition) is 7. The Hall–Kier alpha value is -2.54. The topological polar surface area (TPSA) is 229 Å². The molecule has 0 radical (unpaired) electrons. The first-order chi connectivity index (χ1) is 13.1. The minimum Gasteiger partial charge on any atom is -0.480 e. The van der Waals surface area contributed by atoms with Crippen molar-refractivity contribution in [2.24, 2.45) is 27.9 Å². The van der Waals surface area contributed by atoms with E-state index in [9.17, 15) is 24.3 Å². The van der Waals surface area contributed by atoms with Gasteiger partial charge in [-0.25, -0.2) is 4.79 Å². The Morgan fingerprint density at radius 1 is 1.04 bits per heavy atom. The number of carbonyl (C=O) groups excluding carboxylic acids is 3. The highest BCUT2D eigenvalue weighted by Crippen LogP contribution is 2.03. The summed E-state index contributed by atoms with van der Waals surface area (Å²) >= 11 is 1.50. The fraction of sp³-hybridized carbons (Fsp3) is 0.667. The summed E-state index contributed by atoms with van der Waals surface area (Å²) in [5, 5.41) is 13.9. The van der Waals surface area contributed by atoms with Gasteiger partial charge in [0.1, 0.15) is 12.1 Å². The summed E-state index contributed by atoms with van der Waals surface area (Å²) in [4.78, 5) is 50.8. The van der Waals surface area contributed by atoms with Crippen LogP contribution < -0.4 is 33.6 Å². The Balaban J connectivity index is 4.95. The van der Waals surface area contributed by atoms with Crippen LogP contribution in [-0.4, -0.2) is 71.4 Å². The number of nitrogens with zero attached hydrogens (tertiary/aromatic N) is 1. The SMILES string of the molecule is CSCCC(N)C(=O)NC(CC(N)=O)C(=O)NC(CCCN=C(N)N)C(=O)O. The third kappa shape index (κ3) is 11.2. The number of amides is 3. The number of aliphatic imine (C=N–C) groups is 1. The minimum atomic E-state index is -1.33. The highest BCUT2D eigenvalue weighted by Gasteiger charge is 2.28. The third-order valence-corrected chi connectivity index (χ3v) is 4.21. The van der Waals surface area contributed by atoms with Crippen molar-refractivity contribution in [1.29, 1.82) is 0 Å². The number of aliphatic carboxylic acids is 1. The molecular weight excluding hydrogens is 390 g/mol. The fourth-order valence-corrected chi connectivity index (χ4v) is 2.59. The molecule has 3 amide bonds. The van der Waals surface area contributed by atoms with Gasteiger partial charge in [0, 0.05) is 6.54 Å². The highest BCUT2D eigenvalue weighted by atomic mass is 32.2. The minimum absolute atomic E-state index is 0.0440. The summed E-state index contributed by atoms with van der Waals surface area (Å²) in [5.41, 5.74) is 21.2. The molecule has 0 bridgehead atoms. The van der Waals surface area contributed by atoms with Crippen molar-refractivity contribution in [1.82, 2.24) is 10.6 Å². The molecule has 12 nitrogen and oxygen atoms in total. The van der Waals surface area contributed by atoms with Gasteiger partial charge >= 0.3 is 5.97 Å². The summed E-state index contributed by atoms with van der Waals surface area (Å²) in [5.74, 6) is -3.08. The Kier molecular flexibility index (Phi) is 12.4.